The zero-order chi connectivity index (χ0) is 18.6. The molecule has 0 aliphatic rings. The minimum absolute atomic E-state index is 0.270. The predicted molar refractivity (Wildman–Crippen MR) is 106 cm³/mol. The van der Waals surface area contributed by atoms with Gasteiger partial charge in [0.25, 0.3) is 11.8 Å². The number of nitrogens with zero attached hydrogens (tertiary/aromatic N) is 2. The molecule has 7 heteroatoms. The lowest BCUT2D eigenvalue weighted by Gasteiger charge is -2.13. The number of hydrogen-bond acceptors (Lipinski definition) is 5. The van der Waals surface area contributed by atoms with Crippen LogP contribution in [-0.2, 0) is 0 Å². The number of hydrogen-bond donors (Lipinski definition) is 2. The average molecular weight is 374 g/mol. The van der Waals surface area contributed by atoms with Gasteiger partial charge in [-0.05, 0) is 36.4 Å². The van der Waals surface area contributed by atoms with E-state index in [1.807, 2.05) is 12.1 Å². The first-order chi connectivity index (χ1) is 13.2. The number of benzene rings is 3. The number of anilines is 2. The summed E-state index contributed by atoms with van der Waals surface area (Å²) < 4.78 is 8.47. The molecule has 6 nitrogen and oxygen atoms in total. The van der Waals surface area contributed by atoms with Crippen molar-refractivity contribution in [2.24, 2.45) is 0 Å². The Labute approximate surface area is 159 Å². The van der Waals surface area contributed by atoms with E-state index in [2.05, 4.69) is 19.4 Å². The quantitative estimate of drug-likeness (QED) is 0.561. The van der Waals surface area contributed by atoms with Gasteiger partial charge in [0.2, 0.25) is 0 Å². The molecule has 0 unspecified atom stereocenters. The summed E-state index contributed by atoms with van der Waals surface area (Å²) >= 11 is 1.05. The molecule has 0 aliphatic carbocycles. The zero-order valence-corrected chi connectivity index (χ0v) is 14.9. The third-order valence-corrected chi connectivity index (χ3v) is 4.53. The molecule has 0 saturated heterocycles. The van der Waals surface area contributed by atoms with E-state index in [-0.39, 0.29) is 11.8 Å². The lowest BCUT2D eigenvalue weighted by molar-refractivity contribution is 0.101. The first-order valence-corrected chi connectivity index (χ1v) is 8.93. The van der Waals surface area contributed by atoms with Gasteiger partial charge < -0.3 is 10.6 Å². The van der Waals surface area contributed by atoms with Crippen molar-refractivity contribution in [3.05, 3.63) is 83.9 Å². The van der Waals surface area contributed by atoms with Crippen molar-refractivity contribution in [2.45, 2.75) is 0 Å². The van der Waals surface area contributed by atoms with E-state index in [9.17, 15) is 9.59 Å². The molecule has 3 aromatic carbocycles. The summed E-state index contributed by atoms with van der Waals surface area (Å²) in [4.78, 5) is 25.2. The highest BCUT2D eigenvalue weighted by Gasteiger charge is 2.17. The second-order valence-corrected chi connectivity index (χ2v) is 6.29. The van der Waals surface area contributed by atoms with Gasteiger partial charge in [-0.3, -0.25) is 9.59 Å². The van der Waals surface area contributed by atoms with Crippen LogP contribution in [0.2, 0.25) is 0 Å². The number of rotatable bonds is 4. The number of carbonyl (C=O) groups is 2. The highest BCUT2D eigenvalue weighted by atomic mass is 32.1. The van der Waals surface area contributed by atoms with Crippen LogP contribution in [0.3, 0.4) is 0 Å². The molecule has 0 atom stereocenters. The van der Waals surface area contributed by atoms with Crippen LogP contribution in [0.25, 0.3) is 11.0 Å². The topological polar surface area (TPSA) is 84.0 Å². The Morgan fingerprint density at radius 3 is 1.93 bits per heavy atom. The lowest BCUT2D eigenvalue weighted by Crippen LogP contribution is -2.17. The van der Waals surface area contributed by atoms with Crippen LogP contribution in [0.4, 0.5) is 11.4 Å². The molecule has 0 aliphatic heterocycles. The summed E-state index contributed by atoms with van der Waals surface area (Å²) in [7, 11) is 0. The van der Waals surface area contributed by atoms with Gasteiger partial charge in [-0.1, -0.05) is 36.4 Å². The normalized spacial score (nSPS) is 10.5. The number of amides is 2. The first kappa shape index (κ1) is 16.9. The van der Waals surface area contributed by atoms with E-state index in [1.54, 1.807) is 60.7 Å². The molecule has 0 spiro atoms. The summed E-state index contributed by atoms with van der Waals surface area (Å²) in [6.07, 6.45) is 0. The number of fused-ring (bicyclic) bond motifs is 1. The molecule has 0 bridgehead atoms. The van der Waals surface area contributed by atoms with Crippen LogP contribution in [0, 0.1) is 0 Å². The fraction of sp³-hybridized carbons (Fsp3) is 0. The molecule has 132 valence electrons. The van der Waals surface area contributed by atoms with Gasteiger partial charge in [0.05, 0.1) is 23.1 Å². The van der Waals surface area contributed by atoms with Gasteiger partial charge in [-0.2, -0.15) is 8.75 Å². The molecular formula is C20H14N4O2S. The van der Waals surface area contributed by atoms with Crippen LogP contribution in [0.5, 0.6) is 0 Å². The molecule has 1 heterocycles. The monoisotopic (exact) mass is 374 g/mol. The van der Waals surface area contributed by atoms with Crippen LogP contribution in [-0.4, -0.2) is 20.6 Å². The minimum atomic E-state index is -0.286. The number of aromatic nitrogens is 2. The van der Waals surface area contributed by atoms with Crippen LogP contribution < -0.4 is 10.6 Å². The Kier molecular flexibility index (Phi) is 4.59. The van der Waals surface area contributed by atoms with Crippen molar-refractivity contribution in [1.29, 1.82) is 0 Å². The molecule has 4 rings (SSSR count). The average Bonchev–Trinajstić information content (AvgIpc) is 3.20. The Morgan fingerprint density at radius 1 is 0.704 bits per heavy atom. The smallest absolute Gasteiger partial charge is 0.255 e. The second kappa shape index (κ2) is 7.35. The molecule has 0 saturated carbocycles. The van der Waals surface area contributed by atoms with E-state index in [0.717, 1.165) is 11.7 Å². The third-order valence-electron chi connectivity index (χ3n) is 3.99. The molecule has 2 amide bonds. The van der Waals surface area contributed by atoms with E-state index in [1.165, 1.54) is 0 Å². The van der Waals surface area contributed by atoms with E-state index in [0.29, 0.717) is 33.5 Å². The summed E-state index contributed by atoms with van der Waals surface area (Å²) in [5.74, 6) is -0.556. The first-order valence-electron chi connectivity index (χ1n) is 8.20. The predicted octanol–water partition coefficient (Wildman–Crippen LogP) is 4.20. The Bertz CT molecular complexity index is 1110. The van der Waals surface area contributed by atoms with Gasteiger partial charge in [0.15, 0.2) is 0 Å². The molecule has 4 aromatic rings. The van der Waals surface area contributed by atoms with Crippen LogP contribution >= 0.6 is 11.7 Å². The zero-order valence-electron chi connectivity index (χ0n) is 14.0. The fourth-order valence-electron chi connectivity index (χ4n) is 2.64. The Balaban J connectivity index is 1.69. The van der Waals surface area contributed by atoms with E-state index >= 15 is 0 Å². The van der Waals surface area contributed by atoms with Gasteiger partial charge >= 0.3 is 0 Å². The SMILES string of the molecule is O=C(Nc1ccc2nsnc2c1NC(=O)c1ccccc1)c1ccccc1. The molecule has 0 fully saturated rings. The van der Waals surface area contributed by atoms with Crippen LogP contribution in [0.1, 0.15) is 20.7 Å². The second-order valence-electron chi connectivity index (χ2n) is 5.76. The van der Waals surface area contributed by atoms with Crippen molar-refractivity contribution in [1.82, 2.24) is 8.75 Å². The summed E-state index contributed by atoms with van der Waals surface area (Å²) in [5, 5.41) is 5.71. The van der Waals surface area contributed by atoms with Gasteiger partial charge in [-0.15, -0.1) is 0 Å². The third kappa shape index (κ3) is 3.54. The Morgan fingerprint density at radius 2 is 1.30 bits per heavy atom. The molecule has 2 N–H and O–H groups in total. The Hall–Kier alpha value is -3.58. The van der Waals surface area contributed by atoms with Crippen molar-refractivity contribution >= 4 is 46.0 Å². The number of carbonyl (C=O) groups excluding carboxylic acids is 2. The van der Waals surface area contributed by atoms with Crippen molar-refractivity contribution in [3.63, 3.8) is 0 Å². The van der Waals surface area contributed by atoms with Crippen molar-refractivity contribution in [2.75, 3.05) is 10.6 Å². The summed E-state index contributed by atoms with van der Waals surface area (Å²) in [6.45, 7) is 0. The van der Waals surface area contributed by atoms with Gasteiger partial charge in [-0.25, -0.2) is 0 Å². The summed E-state index contributed by atoms with van der Waals surface area (Å²) in [5.41, 5.74) is 3.12. The maximum atomic E-state index is 12.6. The fourth-order valence-corrected chi connectivity index (χ4v) is 3.18. The molecular weight excluding hydrogens is 360 g/mol. The van der Waals surface area contributed by atoms with E-state index < -0.39 is 0 Å². The largest absolute Gasteiger partial charge is 0.320 e. The standard InChI is InChI=1S/C20H14N4O2S/c25-19(13-7-3-1-4-8-13)21-15-11-12-16-18(24-27-23-16)17(15)22-20(26)14-9-5-2-6-10-14/h1-12H,(H,21,25)(H,22,26). The minimum Gasteiger partial charge on any atom is -0.320 e. The maximum absolute atomic E-state index is 12.6. The van der Waals surface area contributed by atoms with Gasteiger partial charge in [0, 0.05) is 11.1 Å². The van der Waals surface area contributed by atoms with Crippen LogP contribution in [0.15, 0.2) is 72.8 Å². The van der Waals surface area contributed by atoms with Gasteiger partial charge in [0.1, 0.15) is 11.0 Å². The van der Waals surface area contributed by atoms with Crippen molar-refractivity contribution in [3.8, 4) is 0 Å². The summed E-state index contributed by atoms with van der Waals surface area (Å²) in [6, 6.07) is 21.2. The highest BCUT2D eigenvalue weighted by molar-refractivity contribution is 7.00. The van der Waals surface area contributed by atoms with Crippen molar-refractivity contribution < 1.29 is 9.59 Å². The molecule has 1 aromatic heterocycles. The van der Waals surface area contributed by atoms with E-state index in [4.69, 9.17) is 0 Å². The lowest BCUT2D eigenvalue weighted by atomic mass is 10.1. The molecule has 0 radical (unpaired) electrons. The maximum Gasteiger partial charge on any atom is 0.255 e. The highest BCUT2D eigenvalue weighted by Crippen LogP contribution is 2.31. The number of nitrogens with one attached hydrogen (secondary N) is 2. The molecule has 27 heavy (non-hydrogen) atoms.